The lowest BCUT2D eigenvalue weighted by atomic mass is 10.0. The molecule has 0 bridgehead atoms. The average Bonchev–Trinajstić information content (AvgIpc) is 3.00. The highest BCUT2D eigenvalue weighted by Crippen LogP contribution is 2.25. The lowest BCUT2D eigenvalue weighted by Gasteiger charge is -2.06. The van der Waals surface area contributed by atoms with E-state index in [1.165, 1.54) is 5.56 Å². The fraction of sp³-hybridized carbons (Fsp3) is 0.167. The first-order valence-electron chi connectivity index (χ1n) is 7.82. The average molecular weight is 391 g/mol. The van der Waals surface area contributed by atoms with Crippen LogP contribution in [0.2, 0.25) is 10.0 Å². The van der Waals surface area contributed by atoms with Crippen LogP contribution in [0.5, 0.6) is 0 Å². The number of urea groups is 1. The topological polar surface area (TPSA) is 80.0 Å². The fourth-order valence-electron chi connectivity index (χ4n) is 2.42. The molecule has 0 atom stereocenters. The van der Waals surface area contributed by atoms with Crippen LogP contribution >= 0.6 is 23.2 Å². The Kier molecular flexibility index (Phi) is 5.44. The van der Waals surface area contributed by atoms with Gasteiger partial charge in [-0.2, -0.15) is 0 Å². The minimum atomic E-state index is -0.523. The summed E-state index contributed by atoms with van der Waals surface area (Å²) in [6.07, 6.45) is 0.495. The van der Waals surface area contributed by atoms with Crippen LogP contribution in [-0.2, 0) is 6.42 Å². The molecule has 0 aliphatic carbocycles. The Labute approximate surface area is 160 Å². The van der Waals surface area contributed by atoms with Crippen molar-refractivity contribution in [3.05, 3.63) is 69.0 Å². The molecule has 0 fully saturated rings. The lowest BCUT2D eigenvalue weighted by molar-refractivity contribution is 0.261. The van der Waals surface area contributed by atoms with Gasteiger partial charge in [0.2, 0.25) is 5.89 Å². The number of aryl methyl sites for hydroxylation is 2. The third-order valence-corrected chi connectivity index (χ3v) is 4.44. The number of rotatable bonds is 4. The maximum atomic E-state index is 12.0. The first-order valence-corrected chi connectivity index (χ1v) is 8.58. The van der Waals surface area contributed by atoms with Gasteiger partial charge in [-0.15, -0.1) is 5.10 Å². The van der Waals surface area contributed by atoms with Crippen LogP contribution in [0.1, 0.15) is 22.6 Å². The highest BCUT2D eigenvalue weighted by atomic mass is 35.5. The summed E-state index contributed by atoms with van der Waals surface area (Å²) >= 11 is 11.8. The predicted octanol–water partition coefficient (Wildman–Crippen LogP) is 5.23. The third-order valence-electron chi connectivity index (χ3n) is 3.70. The van der Waals surface area contributed by atoms with Crippen LogP contribution in [0.3, 0.4) is 0 Å². The van der Waals surface area contributed by atoms with Gasteiger partial charge >= 0.3 is 12.0 Å². The normalized spacial score (nSPS) is 10.6. The van der Waals surface area contributed by atoms with Gasteiger partial charge in [-0.3, -0.25) is 5.32 Å². The monoisotopic (exact) mass is 390 g/mol. The van der Waals surface area contributed by atoms with E-state index in [1.54, 1.807) is 18.2 Å². The van der Waals surface area contributed by atoms with Crippen LogP contribution in [-0.4, -0.2) is 16.2 Å². The SMILES string of the molecule is Cc1ccc(Cc2nnc(NC(=O)Nc3ccc(Cl)c(Cl)c3)o2)c(C)c1. The van der Waals surface area contributed by atoms with Gasteiger partial charge in [-0.1, -0.05) is 52.1 Å². The Morgan fingerprint density at radius 1 is 1.04 bits per heavy atom. The molecule has 0 unspecified atom stereocenters. The minimum absolute atomic E-state index is 0.0160. The number of hydrogen-bond donors (Lipinski definition) is 2. The van der Waals surface area contributed by atoms with Gasteiger partial charge in [0, 0.05) is 5.69 Å². The molecule has 2 N–H and O–H groups in total. The Morgan fingerprint density at radius 2 is 1.85 bits per heavy atom. The third kappa shape index (κ3) is 4.53. The zero-order valence-electron chi connectivity index (χ0n) is 14.1. The number of amides is 2. The van der Waals surface area contributed by atoms with Gasteiger partial charge in [0.1, 0.15) is 0 Å². The summed E-state index contributed by atoms with van der Waals surface area (Å²) in [7, 11) is 0. The molecule has 2 amide bonds. The minimum Gasteiger partial charge on any atom is -0.407 e. The number of anilines is 2. The second-order valence-corrected chi connectivity index (χ2v) is 6.63. The van der Waals surface area contributed by atoms with Gasteiger partial charge in [-0.25, -0.2) is 4.79 Å². The fourth-order valence-corrected chi connectivity index (χ4v) is 2.71. The number of halogens is 2. The zero-order valence-corrected chi connectivity index (χ0v) is 15.6. The number of carbonyl (C=O) groups is 1. The smallest absolute Gasteiger partial charge is 0.327 e. The van der Waals surface area contributed by atoms with Crippen molar-refractivity contribution in [2.24, 2.45) is 0 Å². The summed E-state index contributed by atoms with van der Waals surface area (Å²) in [4.78, 5) is 12.0. The summed E-state index contributed by atoms with van der Waals surface area (Å²) in [6.45, 7) is 4.07. The predicted molar refractivity (Wildman–Crippen MR) is 102 cm³/mol. The van der Waals surface area contributed by atoms with E-state index >= 15 is 0 Å². The van der Waals surface area contributed by atoms with Gasteiger partial charge < -0.3 is 9.73 Å². The molecular weight excluding hydrogens is 375 g/mol. The van der Waals surface area contributed by atoms with E-state index < -0.39 is 6.03 Å². The zero-order chi connectivity index (χ0) is 18.7. The van der Waals surface area contributed by atoms with E-state index in [2.05, 4.69) is 26.9 Å². The van der Waals surface area contributed by atoms with E-state index in [0.29, 0.717) is 28.0 Å². The Balaban J connectivity index is 1.62. The first-order chi connectivity index (χ1) is 12.4. The van der Waals surface area contributed by atoms with Crippen LogP contribution in [0.4, 0.5) is 16.5 Å². The summed E-state index contributed by atoms with van der Waals surface area (Å²) < 4.78 is 5.48. The second-order valence-electron chi connectivity index (χ2n) is 5.82. The van der Waals surface area contributed by atoms with E-state index in [4.69, 9.17) is 27.6 Å². The van der Waals surface area contributed by atoms with Gasteiger partial charge in [0.05, 0.1) is 16.5 Å². The number of benzene rings is 2. The summed E-state index contributed by atoms with van der Waals surface area (Å²) in [5, 5.41) is 13.7. The second kappa shape index (κ2) is 7.76. The Hall–Kier alpha value is -2.57. The van der Waals surface area contributed by atoms with Crippen LogP contribution < -0.4 is 10.6 Å². The molecule has 0 aliphatic heterocycles. The van der Waals surface area contributed by atoms with Crippen LogP contribution in [0.15, 0.2) is 40.8 Å². The van der Waals surface area contributed by atoms with Gasteiger partial charge in [-0.05, 0) is 43.2 Å². The number of carbonyl (C=O) groups excluding carboxylic acids is 1. The van der Waals surface area contributed by atoms with Gasteiger partial charge in [0.15, 0.2) is 0 Å². The number of nitrogens with zero attached hydrogens (tertiary/aromatic N) is 2. The van der Waals surface area contributed by atoms with Crippen molar-refractivity contribution in [2.45, 2.75) is 20.3 Å². The number of hydrogen-bond acceptors (Lipinski definition) is 4. The highest BCUT2D eigenvalue weighted by molar-refractivity contribution is 6.42. The molecule has 6 nitrogen and oxygen atoms in total. The Morgan fingerprint density at radius 3 is 2.58 bits per heavy atom. The lowest BCUT2D eigenvalue weighted by Crippen LogP contribution is -2.19. The van der Waals surface area contributed by atoms with E-state index in [9.17, 15) is 4.79 Å². The molecule has 0 saturated carbocycles. The van der Waals surface area contributed by atoms with Crippen LogP contribution in [0.25, 0.3) is 0 Å². The molecule has 3 aromatic rings. The molecule has 2 aromatic carbocycles. The van der Waals surface area contributed by atoms with Crippen molar-refractivity contribution < 1.29 is 9.21 Å². The van der Waals surface area contributed by atoms with Crippen molar-refractivity contribution in [2.75, 3.05) is 10.6 Å². The standard InChI is InChI=1S/C18H16Cl2N4O2/c1-10-3-4-12(11(2)7-10)8-16-23-24-18(26-16)22-17(25)21-13-5-6-14(19)15(20)9-13/h3-7,9H,8H2,1-2H3,(H2,21,22,24,25). The van der Waals surface area contributed by atoms with Gasteiger partial charge in [0.25, 0.3) is 0 Å². The maximum absolute atomic E-state index is 12.0. The van der Waals surface area contributed by atoms with E-state index in [1.807, 2.05) is 26.0 Å². The molecule has 3 rings (SSSR count). The molecule has 8 heteroatoms. The molecule has 0 saturated heterocycles. The largest absolute Gasteiger partial charge is 0.407 e. The highest BCUT2D eigenvalue weighted by Gasteiger charge is 2.12. The van der Waals surface area contributed by atoms with Crippen molar-refractivity contribution >= 4 is 40.9 Å². The number of aromatic nitrogens is 2. The van der Waals surface area contributed by atoms with E-state index in [-0.39, 0.29) is 6.01 Å². The number of nitrogens with one attached hydrogen (secondary N) is 2. The molecule has 0 aliphatic rings. The Bertz CT molecular complexity index is 956. The maximum Gasteiger partial charge on any atom is 0.327 e. The van der Waals surface area contributed by atoms with Crippen molar-refractivity contribution in [1.82, 2.24) is 10.2 Å². The summed E-state index contributed by atoms with van der Waals surface area (Å²) in [5.41, 5.74) is 3.92. The van der Waals surface area contributed by atoms with Crippen molar-refractivity contribution in [1.29, 1.82) is 0 Å². The quantitative estimate of drug-likeness (QED) is 0.638. The molecular formula is C18H16Cl2N4O2. The van der Waals surface area contributed by atoms with Crippen molar-refractivity contribution in [3.8, 4) is 0 Å². The summed E-state index contributed by atoms with van der Waals surface area (Å²) in [5.74, 6) is 0.418. The van der Waals surface area contributed by atoms with E-state index in [0.717, 1.165) is 11.1 Å². The molecule has 1 heterocycles. The molecule has 0 spiro atoms. The summed E-state index contributed by atoms with van der Waals surface area (Å²) in [6, 6.07) is 10.4. The molecule has 26 heavy (non-hydrogen) atoms. The first kappa shape index (κ1) is 18.2. The van der Waals surface area contributed by atoms with Crippen molar-refractivity contribution in [3.63, 3.8) is 0 Å². The molecule has 1 aromatic heterocycles. The molecule has 134 valence electrons. The van der Waals surface area contributed by atoms with Crippen LogP contribution in [0, 0.1) is 13.8 Å². The molecule has 0 radical (unpaired) electrons.